The Morgan fingerprint density at radius 1 is 1.21 bits per heavy atom. The highest BCUT2D eigenvalue weighted by Gasteiger charge is 2.28. The molecule has 1 aromatic carbocycles. The molecular formula is C24H27ClN4O3S2. The number of carbonyl (C=O) groups excluding carboxylic acids is 2. The molecule has 3 aromatic rings. The van der Waals surface area contributed by atoms with Gasteiger partial charge in [-0.05, 0) is 76.3 Å². The Labute approximate surface area is 212 Å². The van der Waals surface area contributed by atoms with Crippen LogP contribution in [-0.4, -0.2) is 38.5 Å². The summed E-state index contributed by atoms with van der Waals surface area (Å²) in [4.78, 5) is 26.8. The molecule has 0 aliphatic heterocycles. The van der Waals surface area contributed by atoms with Gasteiger partial charge in [-0.2, -0.15) is 0 Å². The maximum Gasteiger partial charge on any atom is 0.341 e. The lowest BCUT2D eigenvalue weighted by molar-refractivity contribution is -0.113. The zero-order valence-electron chi connectivity index (χ0n) is 19.4. The molecular weight excluding hydrogens is 492 g/mol. The number of halogens is 1. The van der Waals surface area contributed by atoms with Gasteiger partial charge in [0.05, 0.1) is 17.4 Å². The number of esters is 1. The fourth-order valence-electron chi connectivity index (χ4n) is 3.93. The zero-order chi connectivity index (χ0) is 24.2. The van der Waals surface area contributed by atoms with Gasteiger partial charge in [-0.1, -0.05) is 23.4 Å². The van der Waals surface area contributed by atoms with Crippen LogP contribution in [-0.2, 0) is 28.9 Å². The predicted molar refractivity (Wildman–Crippen MR) is 137 cm³/mol. The van der Waals surface area contributed by atoms with E-state index in [4.69, 9.17) is 16.3 Å². The Morgan fingerprint density at radius 2 is 1.94 bits per heavy atom. The van der Waals surface area contributed by atoms with Crippen molar-refractivity contribution in [2.45, 2.75) is 64.3 Å². The second-order valence-corrected chi connectivity index (χ2v) is 10.7. The minimum atomic E-state index is -0.365. The fourth-order valence-corrected chi connectivity index (χ4v) is 6.15. The number of nitrogens with one attached hydrogen (secondary N) is 1. The third-order valence-corrected chi connectivity index (χ3v) is 7.86. The first-order valence-corrected chi connectivity index (χ1v) is 13.5. The van der Waals surface area contributed by atoms with E-state index < -0.39 is 0 Å². The molecule has 10 heteroatoms. The number of thiophene rings is 1. The Balaban J connectivity index is 1.48. The fraction of sp³-hybridized carbons (Fsp3) is 0.417. The highest BCUT2D eigenvalue weighted by molar-refractivity contribution is 7.99. The van der Waals surface area contributed by atoms with Crippen LogP contribution in [0.15, 0.2) is 29.4 Å². The van der Waals surface area contributed by atoms with Gasteiger partial charge in [0.25, 0.3) is 0 Å². The Bertz CT molecular complexity index is 1190. The minimum absolute atomic E-state index is 0.153. The minimum Gasteiger partial charge on any atom is -0.459 e. The molecule has 1 N–H and O–H groups in total. The second kappa shape index (κ2) is 10.9. The zero-order valence-corrected chi connectivity index (χ0v) is 21.8. The van der Waals surface area contributed by atoms with E-state index in [1.54, 1.807) is 0 Å². The van der Waals surface area contributed by atoms with Gasteiger partial charge in [0.2, 0.25) is 5.91 Å². The number of hydrogen-bond acceptors (Lipinski definition) is 7. The van der Waals surface area contributed by atoms with Crippen LogP contribution in [0, 0.1) is 0 Å². The van der Waals surface area contributed by atoms with Gasteiger partial charge in [0.15, 0.2) is 11.0 Å². The molecule has 0 unspecified atom stereocenters. The molecule has 1 aliphatic rings. The van der Waals surface area contributed by atoms with Crippen molar-refractivity contribution in [1.29, 1.82) is 0 Å². The van der Waals surface area contributed by atoms with Crippen LogP contribution < -0.4 is 5.32 Å². The maximum absolute atomic E-state index is 12.9. The number of aryl methyl sites for hydroxylation is 1. The first-order valence-electron chi connectivity index (χ1n) is 11.3. The van der Waals surface area contributed by atoms with E-state index >= 15 is 0 Å². The van der Waals surface area contributed by atoms with E-state index in [2.05, 4.69) is 15.5 Å². The Morgan fingerprint density at radius 3 is 2.65 bits per heavy atom. The lowest BCUT2D eigenvalue weighted by atomic mass is 9.95. The van der Waals surface area contributed by atoms with Crippen molar-refractivity contribution in [3.63, 3.8) is 0 Å². The number of aromatic nitrogens is 3. The van der Waals surface area contributed by atoms with Crippen molar-refractivity contribution in [3.05, 3.63) is 45.3 Å². The third-order valence-electron chi connectivity index (χ3n) is 5.44. The number of hydrogen-bond donors (Lipinski definition) is 1. The highest BCUT2D eigenvalue weighted by atomic mass is 35.5. The molecule has 0 saturated heterocycles. The standard InChI is InChI=1S/C24H27ClN4O3S2/c1-4-29-21(15-9-11-16(25)12-10-15)27-28-24(29)33-13-19(30)26-22-20(23(31)32-14(2)3)17-7-5-6-8-18(17)34-22/h9-12,14H,4-8,13H2,1-3H3,(H,26,30). The van der Waals surface area contributed by atoms with Crippen LogP contribution in [0.3, 0.4) is 0 Å². The maximum atomic E-state index is 12.9. The van der Waals surface area contributed by atoms with E-state index in [0.29, 0.717) is 27.3 Å². The van der Waals surface area contributed by atoms with Crippen molar-refractivity contribution in [1.82, 2.24) is 14.8 Å². The molecule has 34 heavy (non-hydrogen) atoms. The summed E-state index contributed by atoms with van der Waals surface area (Å²) in [5.74, 6) is 0.322. The molecule has 4 rings (SSSR count). The van der Waals surface area contributed by atoms with Gasteiger partial charge < -0.3 is 14.6 Å². The molecule has 0 fully saturated rings. The quantitative estimate of drug-likeness (QED) is 0.297. The molecule has 180 valence electrons. The number of ether oxygens (including phenoxy) is 1. The molecule has 2 aromatic heterocycles. The molecule has 7 nitrogen and oxygen atoms in total. The smallest absolute Gasteiger partial charge is 0.341 e. The predicted octanol–water partition coefficient (Wildman–Crippen LogP) is 5.85. The van der Waals surface area contributed by atoms with E-state index in [0.717, 1.165) is 42.6 Å². The molecule has 0 atom stereocenters. The number of amides is 1. The molecule has 1 amide bonds. The second-order valence-electron chi connectivity index (χ2n) is 8.26. The molecule has 0 saturated carbocycles. The molecule has 0 bridgehead atoms. The summed E-state index contributed by atoms with van der Waals surface area (Å²) in [5.41, 5.74) is 2.46. The average molecular weight is 519 g/mol. The average Bonchev–Trinajstić information content (AvgIpc) is 3.38. The third kappa shape index (κ3) is 5.47. The summed E-state index contributed by atoms with van der Waals surface area (Å²) in [6.07, 6.45) is 3.68. The summed E-state index contributed by atoms with van der Waals surface area (Å²) in [6.45, 7) is 6.33. The molecule has 2 heterocycles. The number of thioether (sulfide) groups is 1. The van der Waals surface area contributed by atoms with E-state index in [1.165, 1.54) is 28.0 Å². The normalized spacial score (nSPS) is 13.1. The molecule has 0 spiro atoms. The van der Waals surface area contributed by atoms with E-state index in [-0.39, 0.29) is 23.7 Å². The van der Waals surface area contributed by atoms with Crippen LogP contribution in [0.1, 0.15) is 54.4 Å². The van der Waals surface area contributed by atoms with Crippen molar-refractivity contribution >= 4 is 51.6 Å². The topological polar surface area (TPSA) is 86.1 Å². The van der Waals surface area contributed by atoms with Crippen LogP contribution in [0.2, 0.25) is 5.02 Å². The number of carbonyl (C=O) groups is 2. The number of fused-ring (bicyclic) bond motifs is 1. The largest absolute Gasteiger partial charge is 0.459 e. The van der Waals surface area contributed by atoms with Crippen LogP contribution in [0.5, 0.6) is 0 Å². The van der Waals surface area contributed by atoms with Crippen LogP contribution in [0.4, 0.5) is 5.00 Å². The lowest BCUT2D eigenvalue weighted by Crippen LogP contribution is -2.19. The first-order chi connectivity index (χ1) is 16.4. The van der Waals surface area contributed by atoms with Gasteiger partial charge in [-0.15, -0.1) is 21.5 Å². The van der Waals surface area contributed by atoms with Crippen LogP contribution in [0.25, 0.3) is 11.4 Å². The van der Waals surface area contributed by atoms with E-state index in [1.807, 2.05) is 49.6 Å². The van der Waals surface area contributed by atoms with Crippen molar-refractivity contribution in [3.8, 4) is 11.4 Å². The number of rotatable bonds is 8. The molecule has 1 aliphatic carbocycles. The first kappa shape index (κ1) is 24.8. The summed E-state index contributed by atoms with van der Waals surface area (Å²) in [6, 6.07) is 7.43. The summed E-state index contributed by atoms with van der Waals surface area (Å²) in [7, 11) is 0. The lowest BCUT2D eigenvalue weighted by Gasteiger charge is -2.14. The number of anilines is 1. The van der Waals surface area contributed by atoms with Gasteiger partial charge in [0, 0.05) is 22.0 Å². The number of benzene rings is 1. The van der Waals surface area contributed by atoms with Crippen molar-refractivity contribution in [2.75, 3.05) is 11.1 Å². The van der Waals surface area contributed by atoms with Gasteiger partial charge >= 0.3 is 5.97 Å². The monoisotopic (exact) mass is 518 g/mol. The van der Waals surface area contributed by atoms with Crippen molar-refractivity contribution in [2.24, 2.45) is 0 Å². The SMILES string of the molecule is CCn1c(SCC(=O)Nc2sc3c(c2C(=O)OC(C)C)CCCC3)nnc1-c1ccc(Cl)cc1. The Kier molecular flexibility index (Phi) is 7.95. The highest BCUT2D eigenvalue weighted by Crippen LogP contribution is 2.39. The Hall–Kier alpha value is -2.36. The molecule has 0 radical (unpaired) electrons. The van der Waals surface area contributed by atoms with E-state index in [9.17, 15) is 9.59 Å². The van der Waals surface area contributed by atoms with Gasteiger partial charge in [0.1, 0.15) is 5.00 Å². The van der Waals surface area contributed by atoms with Gasteiger partial charge in [-0.3, -0.25) is 4.79 Å². The van der Waals surface area contributed by atoms with Crippen LogP contribution >= 0.6 is 34.7 Å². The number of nitrogens with zero attached hydrogens (tertiary/aromatic N) is 3. The summed E-state index contributed by atoms with van der Waals surface area (Å²) < 4.78 is 7.44. The summed E-state index contributed by atoms with van der Waals surface area (Å²) >= 11 is 8.81. The summed E-state index contributed by atoms with van der Waals surface area (Å²) in [5, 5.41) is 13.5. The van der Waals surface area contributed by atoms with Gasteiger partial charge in [-0.25, -0.2) is 4.79 Å². The van der Waals surface area contributed by atoms with Crippen molar-refractivity contribution < 1.29 is 14.3 Å².